The molecule has 1 fully saturated rings. The van der Waals surface area contributed by atoms with Gasteiger partial charge in [-0.25, -0.2) is 4.79 Å². The maximum Gasteiger partial charge on any atom is 0.416 e. The topological polar surface area (TPSA) is 90.6 Å². The second-order valence-electron chi connectivity index (χ2n) is 10.7. The van der Waals surface area contributed by atoms with Gasteiger partial charge in [0.15, 0.2) is 0 Å². The Bertz CT molecular complexity index is 1760. The van der Waals surface area contributed by atoms with Crippen molar-refractivity contribution in [3.63, 3.8) is 0 Å². The van der Waals surface area contributed by atoms with Crippen molar-refractivity contribution in [2.45, 2.75) is 26.6 Å². The molecule has 2 aromatic carbocycles. The minimum Gasteiger partial charge on any atom is -0.462 e. The molecule has 5 rings (SSSR count). The third-order valence-corrected chi connectivity index (χ3v) is 7.58. The van der Waals surface area contributed by atoms with E-state index in [0.717, 1.165) is 24.7 Å². The molecular weight excluding hydrogens is 571 g/mol. The van der Waals surface area contributed by atoms with Crippen LogP contribution in [0.4, 0.5) is 18.9 Å². The van der Waals surface area contributed by atoms with Crippen molar-refractivity contribution >= 4 is 28.5 Å². The number of aromatic amines is 1. The Morgan fingerprint density at radius 2 is 1.80 bits per heavy atom. The molecule has 228 valence electrons. The SMILES string of the molecule is CCOC(=O)c1c[nH]c2cncc(C#Cc3cc(C(=O)Nc4ccc(CN5CCN(C)CC5)c(C(F)(F)F)c4)ccc3C)c12. The number of likely N-dealkylation sites (N-methyl/N-ethyl adjacent to an activating group) is 1. The van der Waals surface area contributed by atoms with E-state index in [2.05, 4.69) is 32.0 Å². The molecule has 0 spiro atoms. The van der Waals surface area contributed by atoms with Crippen LogP contribution in [0, 0.1) is 18.8 Å². The van der Waals surface area contributed by atoms with Crippen LogP contribution in [0.25, 0.3) is 10.9 Å². The van der Waals surface area contributed by atoms with Gasteiger partial charge in [-0.2, -0.15) is 13.2 Å². The molecule has 0 saturated carbocycles. The number of rotatable bonds is 6. The lowest BCUT2D eigenvalue weighted by Crippen LogP contribution is -2.44. The summed E-state index contributed by atoms with van der Waals surface area (Å²) in [6, 6.07) is 8.82. The first-order valence-corrected chi connectivity index (χ1v) is 14.2. The maximum atomic E-state index is 14.0. The van der Waals surface area contributed by atoms with Gasteiger partial charge in [0.05, 0.1) is 35.0 Å². The zero-order valence-corrected chi connectivity index (χ0v) is 24.6. The van der Waals surface area contributed by atoms with Gasteiger partial charge in [-0.05, 0) is 56.3 Å². The van der Waals surface area contributed by atoms with Gasteiger partial charge in [0, 0.05) is 67.3 Å². The highest BCUT2D eigenvalue weighted by Crippen LogP contribution is 2.35. The molecule has 2 aromatic heterocycles. The van der Waals surface area contributed by atoms with E-state index in [9.17, 15) is 22.8 Å². The molecule has 0 unspecified atom stereocenters. The zero-order valence-electron chi connectivity index (χ0n) is 24.6. The largest absolute Gasteiger partial charge is 0.462 e. The van der Waals surface area contributed by atoms with Crippen molar-refractivity contribution in [3.8, 4) is 11.8 Å². The number of benzene rings is 2. The summed E-state index contributed by atoms with van der Waals surface area (Å²) in [7, 11) is 1.99. The predicted octanol–water partition coefficient (Wildman–Crippen LogP) is 5.47. The standard InChI is InChI=1S/C33H32F3N5O3/c1-4-44-32(43)27-18-38-29-19-37-17-24(30(27)29)8-7-22-15-23(6-5-21(22)2)31(42)39-26-10-9-25(28(16-26)33(34,35)36)20-41-13-11-40(3)12-14-41/h5-6,9-10,15-19,38H,4,11-14,20H2,1-3H3,(H,39,42). The number of carbonyl (C=O) groups excluding carboxylic acids is 2. The summed E-state index contributed by atoms with van der Waals surface area (Å²) in [5.74, 6) is 5.06. The molecule has 1 aliphatic rings. The first-order chi connectivity index (χ1) is 21.0. The summed E-state index contributed by atoms with van der Waals surface area (Å²) in [6.45, 7) is 6.94. The smallest absolute Gasteiger partial charge is 0.416 e. The summed E-state index contributed by atoms with van der Waals surface area (Å²) >= 11 is 0. The Kier molecular flexibility index (Phi) is 9.04. The number of hydrogen-bond donors (Lipinski definition) is 2. The van der Waals surface area contributed by atoms with Crippen LogP contribution >= 0.6 is 0 Å². The summed E-state index contributed by atoms with van der Waals surface area (Å²) < 4.78 is 47.2. The van der Waals surface area contributed by atoms with Gasteiger partial charge >= 0.3 is 12.1 Å². The van der Waals surface area contributed by atoms with Gasteiger partial charge in [0.25, 0.3) is 5.91 Å². The first-order valence-electron chi connectivity index (χ1n) is 14.2. The molecule has 0 bridgehead atoms. The number of piperazine rings is 1. The number of aryl methyl sites for hydroxylation is 1. The second kappa shape index (κ2) is 12.9. The molecule has 2 N–H and O–H groups in total. The van der Waals surface area contributed by atoms with Gasteiger partial charge in [0.1, 0.15) is 0 Å². The van der Waals surface area contributed by atoms with Crippen LogP contribution < -0.4 is 5.32 Å². The van der Waals surface area contributed by atoms with Gasteiger partial charge in [-0.15, -0.1) is 0 Å². The molecule has 0 atom stereocenters. The van der Waals surface area contributed by atoms with Crippen molar-refractivity contribution in [3.05, 3.63) is 93.9 Å². The van der Waals surface area contributed by atoms with Crippen LogP contribution in [0.1, 0.15) is 55.5 Å². The molecule has 0 radical (unpaired) electrons. The number of nitrogens with zero attached hydrogens (tertiary/aromatic N) is 3. The number of H-pyrrole nitrogens is 1. The van der Waals surface area contributed by atoms with Crippen molar-refractivity contribution in [1.29, 1.82) is 0 Å². The lowest BCUT2D eigenvalue weighted by molar-refractivity contribution is -0.138. The number of anilines is 1. The maximum absolute atomic E-state index is 14.0. The average Bonchev–Trinajstić information content (AvgIpc) is 3.43. The number of alkyl halides is 3. The van der Waals surface area contributed by atoms with E-state index in [-0.39, 0.29) is 30.0 Å². The molecule has 0 aliphatic carbocycles. The van der Waals surface area contributed by atoms with Crippen LogP contribution in [0.5, 0.6) is 0 Å². The van der Waals surface area contributed by atoms with Gasteiger partial charge in [-0.1, -0.05) is 24.0 Å². The number of aromatic nitrogens is 2. The third-order valence-electron chi connectivity index (χ3n) is 7.58. The highest BCUT2D eigenvalue weighted by Gasteiger charge is 2.34. The van der Waals surface area contributed by atoms with E-state index >= 15 is 0 Å². The predicted molar refractivity (Wildman–Crippen MR) is 161 cm³/mol. The fraction of sp³-hybridized carbons (Fsp3) is 0.303. The van der Waals surface area contributed by atoms with E-state index in [4.69, 9.17) is 4.74 Å². The van der Waals surface area contributed by atoms with Gasteiger partial charge < -0.3 is 19.9 Å². The van der Waals surface area contributed by atoms with Crippen LogP contribution in [0.2, 0.25) is 0 Å². The van der Waals surface area contributed by atoms with Gasteiger partial charge in [-0.3, -0.25) is 14.7 Å². The van der Waals surface area contributed by atoms with E-state index in [1.54, 1.807) is 43.7 Å². The Labute approximate surface area is 253 Å². The minimum absolute atomic E-state index is 0.0503. The lowest BCUT2D eigenvalue weighted by atomic mass is 10.0. The number of fused-ring (bicyclic) bond motifs is 1. The summed E-state index contributed by atoms with van der Waals surface area (Å²) in [6.07, 6.45) is 0.112. The number of halogens is 3. The van der Waals surface area contributed by atoms with Crippen LogP contribution in [-0.4, -0.2) is 71.5 Å². The average molecular weight is 604 g/mol. The second-order valence-corrected chi connectivity index (χ2v) is 10.7. The number of amides is 1. The Balaban J connectivity index is 1.38. The van der Waals surface area contributed by atoms with E-state index < -0.39 is 23.6 Å². The fourth-order valence-corrected chi connectivity index (χ4v) is 5.09. The molecule has 44 heavy (non-hydrogen) atoms. The molecule has 1 aliphatic heterocycles. The number of nitrogens with one attached hydrogen (secondary N) is 2. The van der Waals surface area contributed by atoms with E-state index in [1.165, 1.54) is 12.1 Å². The summed E-state index contributed by atoms with van der Waals surface area (Å²) in [4.78, 5) is 36.9. The molecule has 3 heterocycles. The number of carbonyl (C=O) groups is 2. The minimum atomic E-state index is -4.57. The van der Waals surface area contributed by atoms with Crippen molar-refractivity contribution in [2.24, 2.45) is 0 Å². The van der Waals surface area contributed by atoms with Crippen LogP contribution in [0.15, 0.2) is 55.0 Å². The normalized spacial score (nSPS) is 14.2. The molecule has 1 saturated heterocycles. The number of esters is 1. The summed E-state index contributed by atoms with van der Waals surface area (Å²) in [5, 5.41) is 3.19. The lowest BCUT2D eigenvalue weighted by Gasteiger charge is -2.33. The van der Waals surface area contributed by atoms with Crippen LogP contribution in [0.3, 0.4) is 0 Å². The van der Waals surface area contributed by atoms with Crippen LogP contribution in [-0.2, 0) is 17.5 Å². The number of ether oxygens (including phenoxy) is 1. The highest BCUT2D eigenvalue weighted by atomic mass is 19.4. The number of pyridine rings is 1. The first kappa shape index (κ1) is 30.8. The molecule has 8 nitrogen and oxygen atoms in total. The molecule has 4 aromatic rings. The number of hydrogen-bond acceptors (Lipinski definition) is 6. The zero-order chi connectivity index (χ0) is 31.4. The van der Waals surface area contributed by atoms with Gasteiger partial charge in [0.2, 0.25) is 0 Å². The Hall–Kier alpha value is -4.66. The van der Waals surface area contributed by atoms with E-state index in [0.29, 0.717) is 40.7 Å². The molecule has 1 amide bonds. The molecular formula is C33H32F3N5O3. The fourth-order valence-electron chi connectivity index (χ4n) is 5.09. The highest BCUT2D eigenvalue weighted by molar-refractivity contribution is 6.06. The van der Waals surface area contributed by atoms with Crippen molar-refractivity contribution in [2.75, 3.05) is 45.2 Å². The quantitative estimate of drug-likeness (QED) is 0.225. The Morgan fingerprint density at radius 3 is 2.52 bits per heavy atom. The summed E-state index contributed by atoms with van der Waals surface area (Å²) in [5.41, 5.74) is 2.49. The van der Waals surface area contributed by atoms with Crippen molar-refractivity contribution < 1.29 is 27.5 Å². The monoisotopic (exact) mass is 603 g/mol. The van der Waals surface area contributed by atoms with E-state index in [1.807, 2.05) is 18.9 Å². The molecule has 11 heteroatoms. The third kappa shape index (κ3) is 6.93. The van der Waals surface area contributed by atoms with Crippen molar-refractivity contribution in [1.82, 2.24) is 19.8 Å². The Morgan fingerprint density at radius 1 is 1.05 bits per heavy atom.